The number of imidazole rings is 1. The Balaban J connectivity index is 1.72. The molecule has 2 aliphatic heterocycles. The molecule has 0 aromatic carbocycles. The van der Waals surface area contributed by atoms with E-state index in [4.69, 9.17) is 0 Å². The Kier molecular flexibility index (Phi) is 4.23. The van der Waals surface area contributed by atoms with Gasteiger partial charge in [-0.1, -0.05) is 0 Å². The van der Waals surface area contributed by atoms with Gasteiger partial charge in [0.25, 0.3) is 0 Å². The van der Waals surface area contributed by atoms with Crippen molar-refractivity contribution in [2.24, 2.45) is 0 Å². The molecule has 1 amide bonds. The third-order valence-electron chi connectivity index (χ3n) is 5.00. The first-order chi connectivity index (χ1) is 10.5. The minimum Gasteiger partial charge on any atom is -0.395 e. The van der Waals surface area contributed by atoms with Crippen LogP contribution in [0.15, 0.2) is 12.4 Å². The number of hydrogen-bond donors (Lipinski definition) is 1. The number of piperazine rings is 1. The predicted octanol–water partition coefficient (Wildman–Crippen LogP) is 0.676. The predicted molar refractivity (Wildman–Crippen MR) is 83.5 cm³/mol. The van der Waals surface area contributed by atoms with E-state index in [1.807, 2.05) is 11.1 Å². The number of carbonyl (C=O) groups is 1. The van der Waals surface area contributed by atoms with Crippen LogP contribution in [0.2, 0.25) is 0 Å². The highest BCUT2D eigenvalue weighted by atomic mass is 16.3. The van der Waals surface area contributed by atoms with E-state index in [9.17, 15) is 9.90 Å². The van der Waals surface area contributed by atoms with Gasteiger partial charge in [0.05, 0.1) is 6.61 Å². The number of β-amino-alcohol motifs (C(OH)–C–C–N with tert-alkyl or cyclic N) is 1. The van der Waals surface area contributed by atoms with Gasteiger partial charge < -0.3 is 14.6 Å². The highest BCUT2D eigenvalue weighted by Crippen LogP contribution is 2.28. The third-order valence-corrected chi connectivity index (χ3v) is 5.00. The Labute approximate surface area is 131 Å². The summed E-state index contributed by atoms with van der Waals surface area (Å²) in [5, 5.41) is 9.18. The van der Waals surface area contributed by atoms with E-state index in [-0.39, 0.29) is 24.1 Å². The Morgan fingerprint density at radius 1 is 1.45 bits per heavy atom. The standard InChI is InChI=1S/C16H26N4O2/c1-16(2)12-18(8-9-19(16)10-11-21)15(22)13-4-3-5-14-17-6-7-20(13)14/h6-7,13,21H,3-5,8-12H2,1-2H3. The molecule has 1 fully saturated rings. The Hall–Kier alpha value is -1.40. The topological polar surface area (TPSA) is 61.6 Å². The fourth-order valence-corrected chi connectivity index (χ4v) is 3.78. The first kappa shape index (κ1) is 15.5. The van der Waals surface area contributed by atoms with Gasteiger partial charge in [0.1, 0.15) is 11.9 Å². The van der Waals surface area contributed by atoms with Crippen molar-refractivity contribution in [3.63, 3.8) is 0 Å². The van der Waals surface area contributed by atoms with E-state index in [0.717, 1.165) is 38.2 Å². The molecule has 3 heterocycles. The van der Waals surface area contributed by atoms with Crippen LogP contribution in [-0.4, -0.2) is 68.7 Å². The minimum atomic E-state index is -0.0942. The molecule has 1 unspecified atom stereocenters. The highest BCUT2D eigenvalue weighted by Gasteiger charge is 2.38. The molecule has 0 aliphatic carbocycles. The molecular formula is C16H26N4O2. The zero-order chi connectivity index (χ0) is 15.7. The number of nitrogens with zero attached hydrogens (tertiary/aromatic N) is 4. The second kappa shape index (κ2) is 6.01. The Bertz CT molecular complexity index is 540. The van der Waals surface area contributed by atoms with Gasteiger partial charge in [-0.3, -0.25) is 9.69 Å². The molecule has 0 radical (unpaired) electrons. The first-order valence-corrected chi connectivity index (χ1v) is 8.19. The van der Waals surface area contributed by atoms with Crippen molar-refractivity contribution >= 4 is 5.91 Å². The van der Waals surface area contributed by atoms with Crippen LogP contribution < -0.4 is 0 Å². The van der Waals surface area contributed by atoms with E-state index in [2.05, 4.69) is 28.3 Å². The lowest BCUT2D eigenvalue weighted by molar-refractivity contribution is -0.140. The van der Waals surface area contributed by atoms with E-state index < -0.39 is 0 Å². The molecule has 1 aromatic heterocycles. The number of fused-ring (bicyclic) bond motifs is 1. The van der Waals surface area contributed by atoms with Crippen molar-refractivity contribution in [1.29, 1.82) is 0 Å². The third kappa shape index (κ3) is 2.77. The lowest BCUT2D eigenvalue weighted by atomic mass is 9.96. The molecule has 0 bridgehead atoms. The normalized spacial score (nSPS) is 25.0. The van der Waals surface area contributed by atoms with Gasteiger partial charge in [-0.25, -0.2) is 4.98 Å². The molecular weight excluding hydrogens is 280 g/mol. The lowest BCUT2D eigenvalue weighted by Crippen LogP contribution is -2.61. The van der Waals surface area contributed by atoms with Crippen LogP contribution >= 0.6 is 0 Å². The summed E-state index contributed by atoms with van der Waals surface area (Å²) in [5.41, 5.74) is -0.0942. The smallest absolute Gasteiger partial charge is 0.245 e. The molecule has 22 heavy (non-hydrogen) atoms. The van der Waals surface area contributed by atoms with Crippen molar-refractivity contribution in [2.75, 3.05) is 32.8 Å². The fourth-order valence-electron chi connectivity index (χ4n) is 3.78. The van der Waals surface area contributed by atoms with Crippen molar-refractivity contribution in [1.82, 2.24) is 19.4 Å². The molecule has 122 valence electrons. The Morgan fingerprint density at radius 3 is 3.00 bits per heavy atom. The first-order valence-electron chi connectivity index (χ1n) is 8.19. The zero-order valence-corrected chi connectivity index (χ0v) is 13.5. The Morgan fingerprint density at radius 2 is 2.27 bits per heavy atom. The van der Waals surface area contributed by atoms with Crippen LogP contribution in [0, 0.1) is 0 Å². The fraction of sp³-hybridized carbons (Fsp3) is 0.750. The maximum atomic E-state index is 13.0. The number of carbonyl (C=O) groups excluding carboxylic acids is 1. The number of rotatable bonds is 3. The van der Waals surface area contributed by atoms with Crippen molar-refractivity contribution < 1.29 is 9.90 Å². The second-order valence-corrected chi connectivity index (χ2v) is 6.94. The molecule has 1 saturated heterocycles. The quantitative estimate of drug-likeness (QED) is 0.892. The lowest BCUT2D eigenvalue weighted by Gasteiger charge is -2.47. The number of aliphatic hydroxyl groups excluding tert-OH is 1. The number of aliphatic hydroxyl groups is 1. The number of hydrogen-bond acceptors (Lipinski definition) is 4. The van der Waals surface area contributed by atoms with Crippen LogP contribution in [-0.2, 0) is 11.2 Å². The van der Waals surface area contributed by atoms with Gasteiger partial charge >= 0.3 is 0 Å². The molecule has 0 saturated carbocycles. The van der Waals surface area contributed by atoms with Crippen LogP contribution in [0.4, 0.5) is 0 Å². The second-order valence-electron chi connectivity index (χ2n) is 6.94. The average molecular weight is 306 g/mol. The minimum absolute atomic E-state index is 0.0913. The van der Waals surface area contributed by atoms with Gasteiger partial charge in [0, 0.05) is 50.5 Å². The van der Waals surface area contributed by atoms with Crippen molar-refractivity contribution in [2.45, 2.75) is 44.7 Å². The molecule has 0 spiro atoms. The van der Waals surface area contributed by atoms with Gasteiger partial charge in [-0.2, -0.15) is 0 Å². The van der Waals surface area contributed by atoms with Gasteiger partial charge in [-0.05, 0) is 26.7 Å². The SMILES string of the molecule is CC1(C)CN(C(=O)C2CCCc3nccn32)CCN1CCO. The van der Waals surface area contributed by atoms with Gasteiger partial charge in [-0.15, -0.1) is 0 Å². The van der Waals surface area contributed by atoms with E-state index in [1.54, 1.807) is 6.20 Å². The molecule has 3 rings (SSSR count). The molecule has 1 N–H and O–H groups in total. The average Bonchev–Trinajstić information content (AvgIpc) is 2.96. The summed E-state index contributed by atoms with van der Waals surface area (Å²) in [4.78, 5) is 21.6. The maximum Gasteiger partial charge on any atom is 0.245 e. The molecule has 1 atom stereocenters. The zero-order valence-electron chi connectivity index (χ0n) is 13.5. The van der Waals surface area contributed by atoms with E-state index in [1.165, 1.54) is 0 Å². The summed E-state index contributed by atoms with van der Waals surface area (Å²) in [5.74, 6) is 1.25. The maximum absolute atomic E-state index is 13.0. The van der Waals surface area contributed by atoms with Gasteiger partial charge in [0.2, 0.25) is 5.91 Å². The van der Waals surface area contributed by atoms with Crippen molar-refractivity contribution in [3.05, 3.63) is 18.2 Å². The molecule has 6 heteroatoms. The molecule has 1 aromatic rings. The van der Waals surface area contributed by atoms with E-state index in [0.29, 0.717) is 13.1 Å². The van der Waals surface area contributed by atoms with Crippen LogP contribution in [0.1, 0.15) is 38.6 Å². The number of amides is 1. The van der Waals surface area contributed by atoms with Crippen molar-refractivity contribution in [3.8, 4) is 0 Å². The summed E-state index contributed by atoms with van der Waals surface area (Å²) in [6, 6.07) is -0.0913. The van der Waals surface area contributed by atoms with Crippen LogP contribution in [0.5, 0.6) is 0 Å². The summed E-state index contributed by atoms with van der Waals surface area (Å²) in [7, 11) is 0. The summed E-state index contributed by atoms with van der Waals surface area (Å²) in [6.45, 7) is 7.40. The highest BCUT2D eigenvalue weighted by molar-refractivity contribution is 5.81. The monoisotopic (exact) mass is 306 g/mol. The summed E-state index contributed by atoms with van der Waals surface area (Å²) >= 11 is 0. The number of aromatic nitrogens is 2. The largest absolute Gasteiger partial charge is 0.395 e. The summed E-state index contributed by atoms with van der Waals surface area (Å²) < 4.78 is 2.05. The number of aryl methyl sites for hydroxylation is 1. The molecule has 6 nitrogen and oxygen atoms in total. The summed E-state index contributed by atoms with van der Waals surface area (Å²) in [6.07, 6.45) is 6.63. The van der Waals surface area contributed by atoms with Crippen LogP contribution in [0.25, 0.3) is 0 Å². The molecule has 2 aliphatic rings. The van der Waals surface area contributed by atoms with E-state index >= 15 is 0 Å². The van der Waals surface area contributed by atoms with Gasteiger partial charge in [0.15, 0.2) is 0 Å². The van der Waals surface area contributed by atoms with Crippen LogP contribution in [0.3, 0.4) is 0 Å².